The van der Waals surface area contributed by atoms with E-state index in [4.69, 9.17) is 0 Å². The van der Waals surface area contributed by atoms with Gasteiger partial charge in [-0.3, -0.25) is 4.90 Å². The summed E-state index contributed by atoms with van der Waals surface area (Å²) in [5.74, 6) is 0. The lowest BCUT2D eigenvalue weighted by Crippen LogP contribution is -2.44. The van der Waals surface area contributed by atoms with Crippen LogP contribution in [0.15, 0.2) is 0 Å². The number of aliphatic hydroxyl groups excluding tert-OH is 1. The lowest BCUT2D eigenvalue weighted by molar-refractivity contribution is 0.0974. The van der Waals surface area contributed by atoms with E-state index >= 15 is 0 Å². The Labute approximate surface area is 99.6 Å². The zero-order valence-corrected chi connectivity index (χ0v) is 10.9. The van der Waals surface area contributed by atoms with Gasteiger partial charge in [0.15, 0.2) is 0 Å². The number of likely N-dealkylation sites (tertiary alicyclic amines) is 1. The van der Waals surface area contributed by atoms with Crippen molar-refractivity contribution in [2.24, 2.45) is 0 Å². The van der Waals surface area contributed by atoms with Crippen LogP contribution in [0.4, 0.5) is 0 Å². The SMILES string of the molecule is CCNCC(O)CN1CCCC1CN(C)C. The Bertz CT molecular complexity index is 187. The van der Waals surface area contributed by atoms with E-state index in [0.717, 1.165) is 26.2 Å². The fourth-order valence-electron chi connectivity index (χ4n) is 2.41. The Kier molecular flexibility index (Phi) is 6.28. The smallest absolute Gasteiger partial charge is 0.0791 e. The lowest BCUT2D eigenvalue weighted by Gasteiger charge is -2.28. The van der Waals surface area contributed by atoms with Crippen LogP contribution in [0.1, 0.15) is 19.8 Å². The van der Waals surface area contributed by atoms with Crippen LogP contribution in [0, 0.1) is 0 Å². The molecule has 1 rings (SSSR count). The van der Waals surface area contributed by atoms with Gasteiger partial charge >= 0.3 is 0 Å². The van der Waals surface area contributed by atoms with Crippen LogP contribution in [0.5, 0.6) is 0 Å². The van der Waals surface area contributed by atoms with Gasteiger partial charge in [0.1, 0.15) is 0 Å². The van der Waals surface area contributed by atoms with Crippen molar-refractivity contribution in [2.45, 2.75) is 31.9 Å². The molecule has 16 heavy (non-hydrogen) atoms. The average molecular weight is 229 g/mol. The Hall–Kier alpha value is -0.160. The third-order valence-corrected chi connectivity index (χ3v) is 3.15. The summed E-state index contributed by atoms with van der Waals surface area (Å²) in [7, 11) is 4.23. The van der Waals surface area contributed by atoms with Gasteiger partial charge in [-0.25, -0.2) is 0 Å². The van der Waals surface area contributed by atoms with Gasteiger partial charge in [-0.15, -0.1) is 0 Å². The van der Waals surface area contributed by atoms with Crippen LogP contribution in [0.3, 0.4) is 0 Å². The first-order chi connectivity index (χ1) is 7.63. The summed E-state index contributed by atoms with van der Waals surface area (Å²) in [5, 5.41) is 13.1. The number of aliphatic hydroxyl groups is 1. The van der Waals surface area contributed by atoms with E-state index in [1.807, 2.05) is 0 Å². The van der Waals surface area contributed by atoms with Crippen molar-refractivity contribution < 1.29 is 5.11 Å². The molecule has 0 bridgehead atoms. The second-order valence-corrected chi connectivity index (χ2v) is 5.01. The summed E-state index contributed by atoms with van der Waals surface area (Å²) in [6, 6.07) is 0.631. The van der Waals surface area contributed by atoms with Crippen molar-refractivity contribution in [3.8, 4) is 0 Å². The molecule has 0 aliphatic carbocycles. The predicted molar refractivity (Wildman–Crippen MR) is 67.7 cm³/mol. The molecule has 0 aromatic rings. The third kappa shape index (κ3) is 4.78. The second kappa shape index (κ2) is 7.22. The lowest BCUT2D eigenvalue weighted by atomic mass is 10.2. The van der Waals surface area contributed by atoms with Crippen molar-refractivity contribution in [2.75, 3.05) is 46.8 Å². The van der Waals surface area contributed by atoms with E-state index in [9.17, 15) is 5.11 Å². The molecule has 1 heterocycles. The number of hydrogen-bond acceptors (Lipinski definition) is 4. The summed E-state index contributed by atoms with van der Waals surface area (Å²) in [5.41, 5.74) is 0. The summed E-state index contributed by atoms with van der Waals surface area (Å²) in [6.45, 7) is 6.76. The van der Waals surface area contributed by atoms with Gasteiger partial charge in [0.05, 0.1) is 6.10 Å². The minimum Gasteiger partial charge on any atom is -0.390 e. The summed E-state index contributed by atoms with van der Waals surface area (Å²) in [4.78, 5) is 4.67. The Balaban J connectivity index is 2.28. The molecular weight excluding hydrogens is 202 g/mol. The molecular formula is C12H27N3O. The molecule has 0 amide bonds. The van der Waals surface area contributed by atoms with Gasteiger partial charge in [-0.05, 0) is 40.0 Å². The molecule has 4 nitrogen and oxygen atoms in total. The molecule has 1 fully saturated rings. The van der Waals surface area contributed by atoms with Crippen molar-refractivity contribution in [1.29, 1.82) is 0 Å². The summed E-state index contributed by atoms with van der Waals surface area (Å²) in [6.07, 6.45) is 2.31. The molecule has 4 heteroatoms. The summed E-state index contributed by atoms with van der Waals surface area (Å²) >= 11 is 0. The molecule has 0 saturated carbocycles. The minimum atomic E-state index is -0.234. The highest BCUT2D eigenvalue weighted by atomic mass is 16.3. The van der Waals surface area contributed by atoms with Crippen molar-refractivity contribution in [3.05, 3.63) is 0 Å². The van der Waals surface area contributed by atoms with Crippen LogP contribution >= 0.6 is 0 Å². The van der Waals surface area contributed by atoms with Crippen molar-refractivity contribution in [1.82, 2.24) is 15.1 Å². The van der Waals surface area contributed by atoms with Crippen LogP contribution in [0.25, 0.3) is 0 Å². The zero-order chi connectivity index (χ0) is 12.0. The first kappa shape index (κ1) is 13.9. The molecule has 1 aliphatic heterocycles. The fourth-order valence-corrected chi connectivity index (χ4v) is 2.41. The summed E-state index contributed by atoms with van der Waals surface area (Å²) < 4.78 is 0. The number of nitrogens with zero attached hydrogens (tertiary/aromatic N) is 2. The van der Waals surface area contributed by atoms with E-state index in [1.165, 1.54) is 12.8 Å². The maximum atomic E-state index is 9.87. The highest BCUT2D eigenvalue weighted by Crippen LogP contribution is 2.17. The average Bonchev–Trinajstić information content (AvgIpc) is 2.62. The van der Waals surface area contributed by atoms with Crippen molar-refractivity contribution in [3.63, 3.8) is 0 Å². The van der Waals surface area contributed by atoms with E-state index < -0.39 is 0 Å². The van der Waals surface area contributed by atoms with Crippen LogP contribution in [-0.2, 0) is 0 Å². The maximum Gasteiger partial charge on any atom is 0.0791 e. The molecule has 0 aromatic carbocycles. The van der Waals surface area contributed by atoms with Crippen LogP contribution in [0.2, 0.25) is 0 Å². The first-order valence-electron chi connectivity index (χ1n) is 6.41. The number of β-amino-alcohol motifs (C(OH)–C–C–N with tert-alkyl or cyclic N) is 1. The first-order valence-corrected chi connectivity index (χ1v) is 6.41. The van der Waals surface area contributed by atoms with E-state index in [2.05, 4.69) is 36.1 Å². The number of rotatable bonds is 7. The van der Waals surface area contributed by atoms with E-state index in [0.29, 0.717) is 12.6 Å². The van der Waals surface area contributed by atoms with Gasteiger partial charge in [0, 0.05) is 25.7 Å². The topological polar surface area (TPSA) is 38.7 Å². The molecule has 2 atom stereocenters. The second-order valence-electron chi connectivity index (χ2n) is 5.01. The molecule has 1 aliphatic rings. The molecule has 1 saturated heterocycles. The highest BCUT2D eigenvalue weighted by molar-refractivity contribution is 4.82. The monoisotopic (exact) mass is 229 g/mol. The highest BCUT2D eigenvalue weighted by Gasteiger charge is 2.26. The predicted octanol–water partition coefficient (Wildman–Crippen LogP) is -0.0172. The van der Waals surface area contributed by atoms with Crippen LogP contribution < -0.4 is 5.32 Å². The minimum absolute atomic E-state index is 0.234. The van der Waals surface area contributed by atoms with Crippen LogP contribution in [-0.4, -0.2) is 73.9 Å². The van der Waals surface area contributed by atoms with Gasteiger partial charge in [-0.1, -0.05) is 6.92 Å². The molecule has 2 unspecified atom stereocenters. The number of nitrogens with one attached hydrogen (secondary N) is 1. The van der Waals surface area contributed by atoms with E-state index in [-0.39, 0.29) is 6.10 Å². The van der Waals surface area contributed by atoms with Gasteiger partial charge in [0.2, 0.25) is 0 Å². The fraction of sp³-hybridized carbons (Fsp3) is 1.00. The third-order valence-electron chi connectivity index (χ3n) is 3.15. The quantitative estimate of drug-likeness (QED) is 0.644. The molecule has 0 aromatic heterocycles. The van der Waals surface area contributed by atoms with Gasteiger partial charge in [-0.2, -0.15) is 0 Å². The van der Waals surface area contributed by atoms with E-state index in [1.54, 1.807) is 0 Å². The largest absolute Gasteiger partial charge is 0.390 e. The maximum absolute atomic E-state index is 9.87. The molecule has 2 N–H and O–H groups in total. The Morgan fingerprint density at radius 2 is 2.25 bits per heavy atom. The van der Waals surface area contributed by atoms with Gasteiger partial charge in [0.25, 0.3) is 0 Å². The zero-order valence-electron chi connectivity index (χ0n) is 10.9. The molecule has 0 spiro atoms. The number of hydrogen-bond donors (Lipinski definition) is 2. The Morgan fingerprint density at radius 3 is 2.88 bits per heavy atom. The number of likely N-dealkylation sites (N-methyl/N-ethyl adjacent to an activating group) is 2. The standard InChI is InChI=1S/C12H27N3O/c1-4-13-8-12(16)10-15-7-5-6-11(15)9-14(2)3/h11-13,16H,4-10H2,1-3H3. The van der Waals surface area contributed by atoms with Crippen molar-refractivity contribution >= 4 is 0 Å². The Morgan fingerprint density at radius 1 is 1.50 bits per heavy atom. The normalized spacial score (nSPS) is 24.2. The molecule has 0 radical (unpaired) electrons. The van der Waals surface area contributed by atoms with Gasteiger partial charge < -0.3 is 15.3 Å². The molecule has 96 valence electrons.